The molecule has 0 unspecified atom stereocenters. The maximum atomic E-state index is 2.26. The second kappa shape index (κ2) is 8.38. The van der Waals surface area contributed by atoms with Gasteiger partial charge in [-0.2, -0.15) is 0 Å². The van der Waals surface area contributed by atoms with E-state index in [1.807, 2.05) is 13.8 Å². The van der Waals surface area contributed by atoms with Crippen LogP contribution in [-0.2, 0) is 0 Å². The summed E-state index contributed by atoms with van der Waals surface area (Å²) in [6.45, 7) is 15.3. The second-order valence-corrected chi connectivity index (χ2v) is 4.37. The van der Waals surface area contributed by atoms with E-state index in [4.69, 9.17) is 0 Å². The van der Waals surface area contributed by atoms with E-state index in [0.717, 1.165) is 0 Å². The average molecular weight is 222 g/mol. The molecule has 0 amide bonds. The molecule has 0 heterocycles. The Morgan fingerprint density at radius 3 is 1.38 bits per heavy atom. The van der Waals surface area contributed by atoms with Crippen LogP contribution >= 0.6 is 0 Å². The van der Waals surface area contributed by atoms with Crippen molar-refractivity contribution in [2.45, 2.75) is 67.7 Å². The zero-order chi connectivity index (χ0) is 12.0. The molecular formula is C16H30. The van der Waals surface area contributed by atoms with Crippen LogP contribution in [0.3, 0.4) is 0 Å². The molecule has 0 bridgehead atoms. The fourth-order valence-electron chi connectivity index (χ4n) is 1.92. The molecule has 0 aliphatic carbocycles. The molecule has 0 aliphatic rings. The maximum absolute atomic E-state index is 2.26. The predicted octanol–water partition coefficient (Wildman–Crippen LogP) is 5.90. The van der Waals surface area contributed by atoms with Gasteiger partial charge in [0.1, 0.15) is 0 Å². The predicted molar refractivity (Wildman–Crippen MR) is 77.4 cm³/mol. The Hall–Kier alpha value is -0.780. The van der Waals surface area contributed by atoms with Gasteiger partial charge in [0.25, 0.3) is 0 Å². The first-order valence-electron chi connectivity index (χ1n) is 6.13. The van der Waals surface area contributed by atoms with Gasteiger partial charge in [-0.1, -0.05) is 67.2 Å². The molecule has 0 radical (unpaired) electrons. The van der Waals surface area contributed by atoms with Gasteiger partial charge in [0.05, 0.1) is 0 Å². The van der Waals surface area contributed by atoms with Crippen molar-refractivity contribution in [3.8, 4) is 0 Å². The van der Waals surface area contributed by atoms with Crippen LogP contribution in [0.25, 0.3) is 0 Å². The smallest absolute Gasteiger partial charge is 0.0216 e. The van der Waals surface area contributed by atoms with Crippen LogP contribution in [0.5, 0.6) is 0 Å². The van der Waals surface area contributed by atoms with Gasteiger partial charge < -0.3 is 0 Å². The van der Waals surface area contributed by atoms with Crippen molar-refractivity contribution in [3.05, 3.63) is 34.9 Å². The SMILES string of the molecule is C.CC.Cc1c(C(C)C)cccc1C(C)C. The number of hydrogen-bond donors (Lipinski definition) is 0. The van der Waals surface area contributed by atoms with Gasteiger partial charge >= 0.3 is 0 Å². The van der Waals surface area contributed by atoms with Crippen molar-refractivity contribution in [1.29, 1.82) is 0 Å². The molecule has 0 saturated heterocycles. The van der Waals surface area contributed by atoms with E-state index in [9.17, 15) is 0 Å². The summed E-state index contributed by atoms with van der Waals surface area (Å²) in [5.74, 6) is 1.28. The third-order valence-corrected chi connectivity index (χ3v) is 2.66. The molecule has 1 aromatic rings. The fraction of sp³-hybridized carbons (Fsp3) is 0.625. The molecule has 1 aromatic carbocycles. The van der Waals surface area contributed by atoms with Gasteiger partial charge in [-0.25, -0.2) is 0 Å². The summed E-state index contributed by atoms with van der Waals surface area (Å²) in [6.07, 6.45) is 0. The molecule has 0 aliphatic heterocycles. The third kappa shape index (κ3) is 4.38. The van der Waals surface area contributed by atoms with E-state index in [1.54, 1.807) is 0 Å². The molecule has 0 atom stereocenters. The normalized spacial score (nSPS) is 9.56. The Bertz CT molecular complexity index is 256. The molecule has 1 rings (SSSR count). The topological polar surface area (TPSA) is 0 Å². The minimum Gasteiger partial charge on any atom is -0.0776 e. The first-order chi connectivity index (χ1) is 7.04. The first-order valence-corrected chi connectivity index (χ1v) is 6.13. The zero-order valence-corrected chi connectivity index (χ0v) is 11.4. The molecule has 0 nitrogen and oxygen atoms in total. The minimum absolute atomic E-state index is 0. The van der Waals surface area contributed by atoms with Crippen molar-refractivity contribution < 1.29 is 0 Å². The van der Waals surface area contributed by atoms with Gasteiger partial charge in [0, 0.05) is 0 Å². The largest absolute Gasteiger partial charge is 0.0776 e. The van der Waals surface area contributed by atoms with E-state index >= 15 is 0 Å². The van der Waals surface area contributed by atoms with E-state index < -0.39 is 0 Å². The molecule has 94 valence electrons. The van der Waals surface area contributed by atoms with Crippen molar-refractivity contribution in [3.63, 3.8) is 0 Å². The number of hydrogen-bond acceptors (Lipinski definition) is 0. The highest BCUT2D eigenvalue weighted by atomic mass is 14.1. The monoisotopic (exact) mass is 222 g/mol. The van der Waals surface area contributed by atoms with Crippen LogP contribution in [-0.4, -0.2) is 0 Å². The van der Waals surface area contributed by atoms with Gasteiger partial charge in [-0.15, -0.1) is 0 Å². The Morgan fingerprint density at radius 1 is 0.812 bits per heavy atom. The molecule has 0 spiro atoms. The van der Waals surface area contributed by atoms with E-state index in [1.165, 1.54) is 16.7 Å². The lowest BCUT2D eigenvalue weighted by Gasteiger charge is -2.16. The van der Waals surface area contributed by atoms with Gasteiger partial charge in [-0.3, -0.25) is 0 Å². The Kier molecular flexibility index (Phi) is 9.22. The summed E-state index contributed by atoms with van der Waals surface area (Å²) in [5.41, 5.74) is 4.46. The van der Waals surface area contributed by atoms with Crippen LogP contribution in [0.1, 0.15) is 77.5 Å². The van der Waals surface area contributed by atoms with Crippen molar-refractivity contribution in [1.82, 2.24) is 0 Å². The Labute approximate surface area is 103 Å². The second-order valence-electron chi connectivity index (χ2n) is 4.37. The molecule has 0 fully saturated rings. The molecular weight excluding hydrogens is 192 g/mol. The summed E-state index contributed by atoms with van der Waals surface area (Å²) in [6, 6.07) is 6.66. The summed E-state index contributed by atoms with van der Waals surface area (Å²) in [5, 5.41) is 0. The van der Waals surface area contributed by atoms with Crippen molar-refractivity contribution >= 4 is 0 Å². The first kappa shape index (κ1) is 17.6. The van der Waals surface area contributed by atoms with E-state index in [2.05, 4.69) is 52.8 Å². The fourth-order valence-corrected chi connectivity index (χ4v) is 1.92. The average Bonchev–Trinajstić information content (AvgIpc) is 2.20. The van der Waals surface area contributed by atoms with Crippen LogP contribution in [0.4, 0.5) is 0 Å². The molecule has 16 heavy (non-hydrogen) atoms. The van der Waals surface area contributed by atoms with E-state index in [0.29, 0.717) is 11.8 Å². The highest BCUT2D eigenvalue weighted by Crippen LogP contribution is 2.26. The minimum atomic E-state index is 0. The van der Waals surface area contributed by atoms with Gasteiger partial charge in [0.15, 0.2) is 0 Å². The highest BCUT2D eigenvalue weighted by molar-refractivity contribution is 5.37. The lowest BCUT2D eigenvalue weighted by molar-refractivity contribution is 0.817. The molecule has 0 N–H and O–H groups in total. The van der Waals surface area contributed by atoms with Gasteiger partial charge in [-0.05, 0) is 35.4 Å². The van der Waals surface area contributed by atoms with Crippen LogP contribution in [0.2, 0.25) is 0 Å². The highest BCUT2D eigenvalue weighted by Gasteiger charge is 2.08. The third-order valence-electron chi connectivity index (χ3n) is 2.66. The summed E-state index contributed by atoms with van der Waals surface area (Å²) in [7, 11) is 0. The standard InChI is InChI=1S/C13H20.C2H6.CH4/c1-9(2)12-7-6-8-13(10(3)4)11(12)5;1-2;/h6-10H,1-5H3;1-2H3;1H4. The Morgan fingerprint density at radius 2 is 1.12 bits per heavy atom. The van der Waals surface area contributed by atoms with Crippen LogP contribution < -0.4 is 0 Å². The van der Waals surface area contributed by atoms with Crippen LogP contribution in [0, 0.1) is 6.92 Å². The number of benzene rings is 1. The summed E-state index contributed by atoms with van der Waals surface area (Å²) >= 11 is 0. The molecule has 0 aromatic heterocycles. The van der Waals surface area contributed by atoms with Crippen molar-refractivity contribution in [2.24, 2.45) is 0 Å². The summed E-state index contributed by atoms with van der Waals surface area (Å²) < 4.78 is 0. The zero-order valence-electron chi connectivity index (χ0n) is 11.4. The summed E-state index contributed by atoms with van der Waals surface area (Å²) in [4.78, 5) is 0. The lowest BCUT2D eigenvalue weighted by atomic mass is 9.90. The maximum Gasteiger partial charge on any atom is -0.0216 e. The van der Waals surface area contributed by atoms with Crippen LogP contribution in [0.15, 0.2) is 18.2 Å². The lowest BCUT2D eigenvalue weighted by Crippen LogP contribution is -1.98. The number of rotatable bonds is 2. The van der Waals surface area contributed by atoms with Crippen molar-refractivity contribution in [2.75, 3.05) is 0 Å². The quantitative estimate of drug-likeness (QED) is 0.584. The van der Waals surface area contributed by atoms with E-state index in [-0.39, 0.29) is 7.43 Å². The Balaban J connectivity index is 0. The van der Waals surface area contributed by atoms with Gasteiger partial charge in [0.2, 0.25) is 0 Å². The molecule has 0 saturated carbocycles. The molecule has 0 heteroatoms.